The molecular formula is C20H23NO5S. The van der Waals surface area contributed by atoms with Gasteiger partial charge in [-0.15, -0.1) is 0 Å². The molecule has 2 aromatic carbocycles. The molecule has 0 saturated carbocycles. The summed E-state index contributed by atoms with van der Waals surface area (Å²) in [5, 5.41) is 0. The van der Waals surface area contributed by atoms with Gasteiger partial charge in [-0.1, -0.05) is 30.3 Å². The van der Waals surface area contributed by atoms with Crippen LogP contribution in [0.15, 0.2) is 53.4 Å². The second-order valence-electron chi connectivity index (χ2n) is 6.47. The molecule has 0 saturated heterocycles. The molecule has 6 nitrogen and oxygen atoms in total. The van der Waals surface area contributed by atoms with Crippen molar-refractivity contribution in [3.05, 3.63) is 54.1 Å². The smallest absolute Gasteiger partial charge is 0.223 e. The molecule has 1 unspecified atom stereocenters. The second kappa shape index (κ2) is 8.00. The Hall–Kier alpha value is -2.54. The Bertz CT molecular complexity index is 911. The summed E-state index contributed by atoms with van der Waals surface area (Å²) in [7, 11) is -1.90. The van der Waals surface area contributed by atoms with E-state index in [9.17, 15) is 13.2 Å². The van der Waals surface area contributed by atoms with Gasteiger partial charge in [0.1, 0.15) is 13.2 Å². The minimum atomic E-state index is -3.60. The fourth-order valence-corrected chi connectivity index (χ4v) is 4.15. The molecule has 0 aromatic heterocycles. The zero-order valence-electron chi connectivity index (χ0n) is 15.4. The number of nitrogens with zero attached hydrogens (tertiary/aromatic N) is 1. The molecule has 1 atom stereocenters. The van der Waals surface area contributed by atoms with Gasteiger partial charge in [0.05, 0.1) is 16.7 Å². The SMILES string of the molecule is CC(c1ccccc1)N(C)C(=O)CCS(=O)(=O)c1ccc2c(c1)OCCO2. The molecule has 1 aliphatic rings. The fourth-order valence-electron chi connectivity index (χ4n) is 2.90. The summed E-state index contributed by atoms with van der Waals surface area (Å²) in [4.78, 5) is 14.2. The lowest BCUT2D eigenvalue weighted by molar-refractivity contribution is -0.131. The Morgan fingerprint density at radius 2 is 1.74 bits per heavy atom. The number of sulfone groups is 1. The Morgan fingerprint density at radius 3 is 2.44 bits per heavy atom. The first kappa shape index (κ1) is 19.2. The first-order valence-electron chi connectivity index (χ1n) is 8.81. The molecule has 0 bridgehead atoms. The summed E-state index contributed by atoms with van der Waals surface area (Å²) in [6.45, 7) is 2.75. The Morgan fingerprint density at radius 1 is 1.07 bits per heavy atom. The van der Waals surface area contributed by atoms with Crippen molar-refractivity contribution in [2.75, 3.05) is 26.0 Å². The standard InChI is InChI=1S/C20H23NO5S/c1-15(16-6-4-3-5-7-16)21(2)20(22)10-13-27(23,24)17-8-9-18-19(14-17)26-12-11-25-18/h3-9,14-15H,10-13H2,1-2H3. The average Bonchev–Trinajstić information content (AvgIpc) is 2.71. The highest BCUT2D eigenvalue weighted by Gasteiger charge is 2.23. The van der Waals surface area contributed by atoms with Crippen molar-refractivity contribution in [3.8, 4) is 11.5 Å². The van der Waals surface area contributed by atoms with Gasteiger partial charge in [-0.3, -0.25) is 4.79 Å². The van der Waals surface area contributed by atoms with E-state index >= 15 is 0 Å². The van der Waals surface area contributed by atoms with Crippen LogP contribution in [0.1, 0.15) is 24.9 Å². The third-order valence-corrected chi connectivity index (χ3v) is 6.43. The van der Waals surface area contributed by atoms with Gasteiger partial charge in [-0.05, 0) is 24.6 Å². The lowest BCUT2D eigenvalue weighted by Gasteiger charge is -2.25. The zero-order valence-corrected chi connectivity index (χ0v) is 16.2. The van der Waals surface area contributed by atoms with Crippen LogP contribution in [0.4, 0.5) is 0 Å². The lowest BCUT2D eigenvalue weighted by atomic mass is 10.1. The maximum atomic E-state index is 12.6. The number of hydrogen-bond acceptors (Lipinski definition) is 5. The van der Waals surface area contributed by atoms with Crippen molar-refractivity contribution in [1.29, 1.82) is 0 Å². The van der Waals surface area contributed by atoms with Gasteiger partial charge in [0, 0.05) is 19.5 Å². The molecule has 0 fully saturated rings. The summed E-state index contributed by atoms with van der Waals surface area (Å²) in [6, 6.07) is 14.0. The molecule has 0 radical (unpaired) electrons. The Kier molecular flexibility index (Phi) is 5.70. The first-order chi connectivity index (χ1) is 12.9. The van der Waals surface area contributed by atoms with E-state index in [2.05, 4.69) is 0 Å². The summed E-state index contributed by atoms with van der Waals surface area (Å²) in [6.07, 6.45) is -0.0789. The van der Waals surface area contributed by atoms with Crippen molar-refractivity contribution >= 4 is 15.7 Å². The number of fused-ring (bicyclic) bond motifs is 1. The number of carbonyl (C=O) groups excluding carboxylic acids is 1. The minimum Gasteiger partial charge on any atom is -0.486 e. The Balaban J connectivity index is 1.65. The molecule has 2 aromatic rings. The predicted octanol–water partition coefficient (Wildman–Crippen LogP) is 2.84. The van der Waals surface area contributed by atoms with E-state index < -0.39 is 9.84 Å². The summed E-state index contributed by atoms with van der Waals surface area (Å²) in [5.41, 5.74) is 1.00. The van der Waals surface area contributed by atoms with Crippen LogP contribution in [-0.2, 0) is 14.6 Å². The van der Waals surface area contributed by atoms with E-state index in [0.29, 0.717) is 24.7 Å². The van der Waals surface area contributed by atoms with Crippen molar-refractivity contribution in [3.63, 3.8) is 0 Å². The molecule has 0 N–H and O–H groups in total. The predicted molar refractivity (Wildman–Crippen MR) is 102 cm³/mol. The van der Waals surface area contributed by atoms with Gasteiger partial charge in [0.2, 0.25) is 5.91 Å². The highest BCUT2D eigenvalue weighted by Crippen LogP contribution is 2.32. The fraction of sp³-hybridized carbons (Fsp3) is 0.350. The maximum Gasteiger partial charge on any atom is 0.223 e. The van der Waals surface area contributed by atoms with Crippen LogP contribution in [0.25, 0.3) is 0 Å². The number of ether oxygens (including phenoxy) is 2. The van der Waals surface area contributed by atoms with Crippen LogP contribution < -0.4 is 9.47 Å². The number of rotatable bonds is 6. The quantitative estimate of drug-likeness (QED) is 0.760. The van der Waals surface area contributed by atoms with E-state index in [-0.39, 0.29) is 29.0 Å². The van der Waals surface area contributed by atoms with Gasteiger partial charge in [-0.25, -0.2) is 8.42 Å². The van der Waals surface area contributed by atoms with Gasteiger partial charge >= 0.3 is 0 Å². The van der Waals surface area contributed by atoms with Crippen molar-refractivity contribution in [1.82, 2.24) is 4.90 Å². The molecule has 144 valence electrons. The summed E-state index contributed by atoms with van der Waals surface area (Å²) in [5.74, 6) is 0.487. The number of amides is 1. The average molecular weight is 389 g/mol. The van der Waals surface area contributed by atoms with Crippen LogP contribution in [0, 0.1) is 0 Å². The summed E-state index contributed by atoms with van der Waals surface area (Å²) < 4.78 is 36.1. The largest absolute Gasteiger partial charge is 0.486 e. The van der Waals surface area contributed by atoms with Crippen molar-refractivity contribution in [2.45, 2.75) is 24.3 Å². The highest BCUT2D eigenvalue weighted by molar-refractivity contribution is 7.91. The summed E-state index contributed by atoms with van der Waals surface area (Å²) >= 11 is 0. The van der Waals surface area contributed by atoms with Crippen molar-refractivity contribution < 1.29 is 22.7 Å². The normalized spacial score (nSPS) is 14.4. The van der Waals surface area contributed by atoms with Crippen LogP contribution in [-0.4, -0.2) is 45.2 Å². The van der Waals surface area contributed by atoms with Gasteiger partial charge in [0.25, 0.3) is 0 Å². The van der Waals surface area contributed by atoms with Gasteiger partial charge < -0.3 is 14.4 Å². The van der Waals surface area contributed by atoms with Crippen LogP contribution in [0.5, 0.6) is 11.5 Å². The molecule has 1 aliphatic heterocycles. The van der Waals surface area contributed by atoms with Crippen molar-refractivity contribution in [2.24, 2.45) is 0 Å². The molecule has 1 heterocycles. The highest BCUT2D eigenvalue weighted by atomic mass is 32.2. The molecule has 0 spiro atoms. The van der Waals surface area contributed by atoms with E-state index in [1.165, 1.54) is 12.1 Å². The van der Waals surface area contributed by atoms with Crippen LogP contribution >= 0.6 is 0 Å². The molecule has 0 aliphatic carbocycles. The third-order valence-electron chi connectivity index (χ3n) is 4.71. The van der Waals surface area contributed by atoms with Gasteiger partial charge in [0.15, 0.2) is 21.3 Å². The molecular weight excluding hydrogens is 366 g/mol. The molecule has 1 amide bonds. The van der Waals surface area contributed by atoms with Gasteiger partial charge in [-0.2, -0.15) is 0 Å². The van der Waals surface area contributed by atoms with E-state index in [1.54, 1.807) is 18.0 Å². The number of carbonyl (C=O) groups is 1. The minimum absolute atomic E-state index is 0.0789. The maximum absolute atomic E-state index is 12.6. The second-order valence-corrected chi connectivity index (χ2v) is 8.57. The third kappa shape index (κ3) is 4.42. The zero-order chi connectivity index (χ0) is 19.4. The van der Waals surface area contributed by atoms with E-state index in [1.807, 2.05) is 37.3 Å². The topological polar surface area (TPSA) is 72.9 Å². The molecule has 3 rings (SSSR count). The van der Waals surface area contributed by atoms with E-state index in [0.717, 1.165) is 5.56 Å². The first-order valence-corrected chi connectivity index (χ1v) is 10.5. The molecule has 27 heavy (non-hydrogen) atoms. The lowest BCUT2D eigenvalue weighted by Crippen LogP contribution is -2.31. The molecule has 7 heteroatoms. The van der Waals surface area contributed by atoms with Crippen LogP contribution in [0.2, 0.25) is 0 Å². The Labute approximate surface area is 159 Å². The van der Waals surface area contributed by atoms with E-state index in [4.69, 9.17) is 9.47 Å². The monoisotopic (exact) mass is 389 g/mol. The number of hydrogen-bond donors (Lipinski definition) is 0. The van der Waals surface area contributed by atoms with Crippen LogP contribution in [0.3, 0.4) is 0 Å². The number of benzene rings is 2.